The Balaban J connectivity index is 1.43. The third-order valence-corrected chi connectivity index (χ3v) is 4.80. The number of amides is 1. The van der Waals surface area contributed by atoms with Gasteiger partial charge in [-0.1, -0.05) is 42.5 Å². The number of ether oxygens (including phenoxy) is 1. The number of nitrogens with zero attached hydrogens (tertiary/aromatic N) is 1. The molecule has 0 atom stereocenters. The Hall–Kier alpha value is -2.82. The summed E-state index contributed by atoms with van der Waals surface area (Å²) in [5, 5.41) is 8.95. The van der Waals surface area contributed by atoms with Crippen molar-refractivity contribution in [3.63, 3.8) is 0 Å². The molecular weight excluding hydrogens is 330 g/mol. The van der Waals surface area contributed by atoms with Crippen LogP contribution in [0, 0.1) is 5.92 Å². The fourth-order valence-electron chi connectivity index (χ4n) is 3.25. The molecule has 1 aliphatic rings. The first-order chi connectivity index (χ1) is 12.6. The zero-order chi connectivity index (χ0) is 18.4. The zero-order valence-electron chi connectivity index (χ0n) is 14.6. The summed E-state index contributed by atoms with van der Waals surface area (Å²) < 4.78 is 5.39. The summed E-state index contributed by atoms with van der Waals surface area (Å²) in [6.45, 7) is 1.70. The third kappa shape index (κ3) is 4.85. The molecule has 26 heavy (non-hydrogen) atoms. The van der Waals surface area contributed by atoms with E-state index in [9.17, 15) is 9.59 Å². The zero-order valence-corrected chi connectivity index (χ0v) is 14.6. The van der Waals surface area contributed by atoms with E-state index in [1.165, 1.54) is 0 Å². The third-order valence-electron chi connectivity index (χ3n) is 4.80. The largest absolute Gasteiger partial charge is 0.478 e. The fourth-order valence-corrected chi connectivity index (χ4v) is 3.25. The van der Waals surface area contributed by atoms with Crippen molar-refractivity contribution in [1.82, 2.24) is 4.90 Å². The molecule has 0 bridgehead atoms. The van der Waals surface area contributed by atoms with Crippen molar-refractivity contribution in [3.05, 3.63) is 71.3 Å². The van der Waals surface area contributed by atoms with Gasteiger partial charge in [0.25, 0.3) is 0 Å². The topological polar surface area (TPSA) is 66.8 Å². The maximum absolute atomic E-state index is 12.2. The lowest BCUT2D eigenvalue weighted by atomic mass is 9.90. The first-order valence-corrected chi connectivity index (χ1v) is 8.89. The van der Waals surface area contributed by atoms with Crippen molar-refractivity contribution < 1.29 is 19.4 Å². The number of likely N-dealkylation sites (tertiary alicyclic amines) is 1. The van der Waals surface area contributed by atoms with Crippen molar-refractivity contribution in [2.45, 2.75) is 25.9 Å². The lowest BCUT2D eigenvalue weighted by Crippen LogP contribution is -2.39. The lowest BCUT2D eigenvalue weighted by molar-refractivity contribution is 0.0696. The van der Waals surface area contributed by atoms with Gasteiger partial charge in [-0.25, -0.2) is 9.59 Å². The van der Waals surface area contributed by atoms with Crippen LogP contribution in [0.2, 0.25) is 0 Å². The number of hydrogen-bond donors (Lipinski definition) is 1. The first kappa shape index (κ1) is 18.0. The summed E-state index contributed by atoms with van der Waals surface area (Å²) >= 11 is 0. The monoisotopic (exact) mass is 353 g/mol. The Morgan fingerprint density at radius 1 is 0.962 bits per heavy atom. The molecule has 0 radical (unpaired) electrons. The van der Waals surface area contributed by atoms with E-state index >= 15 is 0 Å². The molecule has 1 fully saturated rings. The van der Waals surface area contributed by atoms with Gasteiger partial charge in [-0.2, -0.15) is 0 Å². The van der Waals surface area contributed by atoms with E-state index in [2.05, 4.69) is 0 Å². The molecule has 2 aromatic carbocycles. The van der Waals surface area contributed by atoms with E-state index in [1.807, 2.05) is 42.5 Å². The fraction of sp³-hybridized carbons (Fsp3) is 0.333. The molecule has 1 N–H and O–H groups in total. The molecule has 1 aliphatic heterocycles. The van der Waals surface area contributed by atoms with E-state index in [4.69, 9.17) is 9.84 Å². The van der Waals surface area contributed by atoms with Crippen LogP contribution < -0.4 is 0 Å². The summed E-state index contributed by atoms with van der Waals surface area (Å²) in [6, 6.07) is 16.7. The van der Waals surface area contributed by atoms with E-state index < -0.39 is 5.97 Å². The van der Waals surface area contributed by atoms with Crippen LogP contribution >= 0.6 is 0 Å². The van der Waals surface area contributed by atoms with Gasteiger partial charge < -0.3 is 14.7 Å². The van der Waals surface area contributed by atoms with Crippen LogP contribution in [-0.4, -0.2) is 35.2 Å². The van der Waals surface area contributed by atoms with E-state index in [0.717, 1.165) is 30.4 Å². The van der Waals surface area contributed by atoms with Gasteiger partial charge in [0.1, 0.15) is 6.61 Å². The Morgan fingerprint density at radius 3 is 2.23 bits per heavy atom. The van der Waals surface area contributed by atoms with Crippen LogP contribution in [-0.2, 0) is 17.8 Å². The number of carboxylic acids is 1. The van der Waals surface area contributed by atoms with Crippen LogP contribution in [0.4, 0.5) is 4.79 Å². The normalized spacial score (nSPS) is 14.8. The highest BCUT2D eigenvalue weighted by Crippen LogP contribution is 2.22. The minimum Gasteiger partial charge on any atom is -0.478 e. The standard InChI is InChI=1S/C21H23NO4/c23-20(24)19-8-6-16(7-9-19)14-17-10-12-22(13-11-17)21(25)26-15-18-4-2-1-3-5-18/h1-9,17H,10-15H2,(H,23,24). The minimum atomic E-state index is -0.904. The van der Waals surface area contributed by atoms with Crippen LogP contribution in [0.5, 0.6) is 0 Å². The molecule has 0 unspecified atom stereocenters. The molecule has 0 aliphatic carbocycles. The second-order valence-electron chi connectivity index (χ2n) is 6.68. The highest BCUT2D eigenvalue weighted by molar-refractivity contribution is 5.87. The molecule has 136 valence electrons. The smallest absolute Gasteiger partial charge is 0.410 e. The molecule has 1 heterocycles. The van der Waals surface area contributed by atoms with Crippen LogP contribution in [0.1, 0.15) is 34.3 Å². The van der Waals surface area contributed by atoms with Gasteiger partial charge in [0.2, 0.25) is 0 Å². The number of rotatable bonds is 5. The van der Waals surface area contributed by atoms with Gasteiger partial charge in [-0.15, -0.1) is 0 Å². The average molecular weight is 353 g/mol. The summed E-state index contributed by atoms with van der Waals surface area (Å²) in [4.78, 5) is 24.9. The maximum atomic E-state index is 12.2. The molecule has 0 saturated carbocycles. The number of hydrogen-bond acceptors (Lipinski definition) is 3. The number of carbonyl (C=O) groups excluding carboxylic acids is 1. The van der Waals surface area contributed by atoms with Crippen molar-refractivity contribution in [2.75, 3.05) is 13.1 Å². The van der Waals surface area contributed by atoms with E-state index in [0.29, 0.717) is 31.2 Å². The summed E-state index contributed by atoms with van der Waals surface area (Å²) in [7, 11) is 0. The maximum Gasteiger partial charge on any atom is 0.410 e. The summed E-state index contributed by atoms with van der Waals surface area (Å²) in [6.07, 6.45) is 2.52. The number of aromatic carboxylic acids is 1. The Bertz CT molecular complexity index is 734. The van der Waals surface area contributed by atoms with Gasteiger partial charge in [0.05, 0.1) is 5.56 Å². The minimum absolute atomic E-state index is 0.252. The quantitative estimate of drug-likeness (QED) is 0.883. The number of piperidine rings is 1. The van der Waals surface area contributed by atoms with Crippen LogP contribution in [0.3, 0.4) is 0 Å². The summed E-state index contributed by atoms with van der Waals surface area (Å²) in [5.74, 6) is -0.400. The average Bonchev–Trinajstić information content (AvgIpc) is 2.68. The molecule has 5 nitrogen and oxygen atoms in total. The van der Waals surface area contributed by atoms with E-state index in [-0.39, 0.29) is 6.09 Å². The lowest BCUT2D eigenvalue weighted by Gasteiger charge is -2.31. The van der Waals surface area contributed by atoms with Gasteiger partial charge in [-0.05, 0) is 48.4 Å². The molecule has 5 heteroatoms. The van der Waals surface area contributed by atoms with Gasteiger partial charge in [-0.3, -0.25) is 0 Å². The van der Waals surface area contributed by atoms with Gasteiger partial charge >= 0.3 is 12.1 Å². The molecule has 2 aromatic rings. The van der Waals surface area contributed by atoms with Crippen molar-refractivity contribution in [1.29, 1.82) is 0 Å². The second-order valence-corrected chi connectivity index (χ2v) is 6.68. The predicted octanol–water partition coefficient (Wildman–Crippen LogP) is 3.98. The Morgan fingerprint density at radius 2 is 1.62 bits per heavy atom. The number of carboxylic acid groups (broad SMARTS) is 1. The number of benzene rings is 2. The molecular formula is C21H23NO4. The van der Waals surface area contributed by atoms with Gasteiger partial charge in [0.15, 0.2) is 0 Å². The van der Waals surface area contributed by atoms with Crippen molar-refractivity contribution >= 4 is 12.1 Å². The molecule has 1 amide bonds. The molecule has 1 saturated heterocycles. The highest BCUT2D eigenvalue weighted by atomic mass is 16.6. The second kappa shape index (κ2) is 8.52. The SMILES string of the molecule is O=C(O)c1ccc(CC2CCN(C(=O)OCc3ccccc3)CC2)cc1. The Labute approximate surface area is 153 Å². The Kier molecular flexibility index (Phi) is 5.89. The van der Waals surface area contributed by atoms with Crippen molar-refractivity contribution in [2.24, 2.45) is 5.92 Å². The molecule has 0 aromatic heterocycles. The first-order valence-electron chi connectivity index (χ1n) is 8.89. The molecule has 0 spiro atoms. The van der Waals surface area contributed by atoms with Crippen LogP contribution in [0.15, 0.2) is 54.6 Å². The van der Waals surface area contributed by atoms with Crippen molar-refractivity contribution in [3.8, 4) is 0 Å². The summed E-state index contributed by atoms with van der Waals surface area (Å²) in [5.41, 5.74) is 2.44. The highest BCUT2D eigenvalue weighted by Gasteiger charge is 2.24. The van der Waals surface area contributed by atoms with E-state index in [1.54, 1.807) is 17.0 Å². The predicted molar refractivity (Wildman–Crippen MR) is 98.0 cm³/mol. The van der Waals surface area contributed by atoms with Gasteiger partial charge in [0, 0.05) is 13.1 Å². The van der Waals surface area contributed by atoms with Crippen LogP contribution in [0.25, 0.3) is 0 Å². The number of carbonyl (C=O) groups is 2. The molecule has 3 rings (SSSR count).